The molecule has 0 saturated heterocycles. The quantitative estimate of drug-likeness (QED) is 0.650. The number of nitrogens with one attached hydrogen (secondary N) is 2. The summed E-state index contributed by atoms with van der Waals surface area (Å²) in [6.45, 7) is 2.47. The van der Waals surface area contributed by atoms with Gasteiger partial charge in [-0.1, -0.05) is 6.07 Å². The molecule has 28 heavy (non-hydrogen) atoms. The van der Waals surface area contributed by atoms with E-state index in [0.717, 1.165) is 18.5 Å². The molecule has 0 bridgehead atoms. The van der Waals surface area contributed by atoms with Crippen LogP contribution in [0.5, 0.6) is 5.75 Å². The Morgan fingerprint density at radius 3 is 2.75 bits per heavy atom. The molecule has 1 aliphatic rings. The molecule has 142 valence electrons. The van der Waals surface area contributed by atoms with E-state index >= 15 is 0 Å². The highest BCUT2D eigenvalue weighted by Crippen LogP contribution is 2.39. The number of hydrogen-bond acceptors (Lipinski definition) is 7. The number of hydrogen-bond donors (Lipinski definition) is 2. The number of amides is 1. The van der Waals surface area contributed by atoms with E-state index in [-0.39, 0.29) is 11.6 Å². The lowest BCUT2D eigenvalue weighted by Gasteiger charge is -2.12. The molecule has 0 aliphatic heterocycles. The second kappa shape index (κ2) is 7.99. The van der Waals surface area contributed by atoms with Crippen LogP contribution in [0.25, 0.3) is 0 Å². The van der Waals surface area contributed by atoms with Crippen LogP contribution in [0.3, 0.4) is 0 Å². The van der Waals surface area contributed by atoms with Crippen molar-refractivity contribution < 1.29 is 9.53 Å². The van der Waals surface area contributed by atoms with Crippen LogP contribution in [-0.4, -0.2) is 32.4 Å². The van der Waals surface area contributed by atoms with Gasteiger partial charge in [0, 0.05) is 17.7 Å². The van der Waals surface area contributed by atoms with Gasteiger partial charge in [0.1, 0.15) is 12.1 Å². The Balaban J connectivity index is 1.61. The van der Waals surface area contributed by atoms with E-state index in [0.29, 0.717) is 35.5 Å². The minimum Gasteiger partial charge on any atom is -0.494 e. The molecule has 2 aromatic heterocycles. The SMILES string of the molecule is CCOc1cccc(NC(=O)c2nc(C3CC3)cnc2Nc2cncnc2)c1. The number of carbonyl (C=O) groups excluding carboxylic acids is 1. The van der Waals surface area contributed by atoms with Gasteiger partial charge in [0.05, 0.1) is 36.6 Å². The fourth-order valence-electron chi connectivity index (χ4n) is 2.75. The zero-order chi connectivity index (χ0) is 19.3. The average molecular weight is 376 g/mol. The topological polar surface area (TPSA) is 102 Å². The maximum Gasteiger partial charge on any atom is 0.278 e. The highest BCUT2D eigenvalue weighted by Gasteiger charge is 2.27. The summed E-state index contributed by atoms with van der Waals surface area (Å²) in [6, 6.07) is 7.25. The molecule has 4 rings (SSSR count). The Morgan fingerprint density at radius 1 is 1.18 bits per heavy atom. The zero-order valence-electron chi connectivity index (χ0n) is 15.4. The molecule has 1 aliphatic carbocycles. The van der Waals surface area contributed by atoms with Crippen molar-refractivity contribution in [2.45, 2.75) is 25.7 Å². The van der Waals surface area contributed by atoms with Crippen molar-refractivity contribution >= 4 is 23.1 Å². The van der Waals surface area contributed by atoms with Crippen LogP contribution in [0.15, 0.2) is 49.2 Å². The molecule has 3 aromatic rings. The Kier molecular flexibility index (Phi) is 5.09. The van der Waals surface area contributed by atoms with Crippen molar-refractivity contribution in [3.05, 3.63) is 60.6 Å². The molecule has 1 aromatic carbocycles. The lowest BCUT2D eigenvalue weighted by Crippen LogP contribution is -2.17. The molecule has 1 amide bonds. The fraction of sp³-hybridized carbons (Fsp3) is 0.250. The zero-order valence-corrected chi connectivity index (χ0v) is 15.4. The van der Waals surface area contributed by atoms with E-state index in [9.17, 15) is 4.79 Å². The normalized spacial score (nSPS) is 13.0. The van der Waals surface area contributed by atoms with Crippen molar-refractivity contribution in [2.24, 2.45) is 0 Å². The minimum absolute atomic E-state index is 0.232. The Labute approximate surface area is 162 Å². The number of aromatic nitrogens is 4. The lowest BCUT2D eigenvalue weighted by atomic mass is 10.2. The first-order chi connectivity index (χ1) is 13.7. The van der Waals surface area contributed by atoms with Gasteiger partial charge in [-0.15, -0.1) is 0 Å². The van der Waals surface area contributed by atoms with Gasteiger partial charge in [-0.2, -0.15) is 0 Å². The third-order valence-electron chi connectivity index (χ3n) is 4.23. The maximum absolute atomic E-state index is 13.0. The number of carbonyl (C=O) groups is 1. The van der Waals surface area contributed by atoms with Gasteiger partial charge in [-0.3, -0.25) is 4.79 Å². The smallest absolute Gasteiger partial charge is 0.278 e. The van der Waals surface area contributed by atoms with E-state index in [4.69, 9.17) is 4.74 Å². The van der Waals surface area contributed by atoms with Gasteiger partial charge in [-0.05, 0) is 31.9 Å². The summed E-state index contributed by atoms with van der Waals surface area (Å²) in [5, 5.41) is 5.95. The van der Waals surface area contributed by atoms with E-state index < -0.39 is 0 Å². The summed E-state index contributed by atoms with van der Waals surface area (Å²) >= 11 is 0. The van der Waals surface area contributed by atoms with Crippen molar-refractivity contribution in [1.29, 1.82) is 0 Å². The standard InChI is InChI=1S/C20H20N6O2/c1-2-28-16-5-3-4-14(8-16)25-20(27)18-19(24-15-9-21-12-22-10-15)23-11-17(26-18)13-6-7-13/h3-5,8-13H,2,6-7H2,1H3,(H,23,24)(H,25,27). The molecular formula is C20H20N6O2. The third-order valence-corrected chi connectivity index (χ3v) is 4.23. The number of nitrogens with zero attached hydrogens (tertiary/aromatic N) is 4. The largest absolute Gasteiger partial charge is 0.494 e. The number of anilines is 3. The highest BCUT2D eigenvalue weighted by molar-refractivity contribution is 6.06. The molecule has 0 spiro atoms. The first kappa shape index (κ1) is 17.8. The lowest BCUT2D eigenvalue weighted by molar-refractivity contribution is 0.102. The number of ether oxygens (including phenoxy) is 1. The van der Waals surface area contributed by atoms with Gasteiger partial charge < -0.3 is 15.4 Å². The minimum atomic E-state index is -0.344. The Morgan fingerprint density at radius 2 is 2.00 bits per heavy atom. The van der Waals surface area contributed by atoms with Crippen molar-refractivity contribution in [2.75, 3.05) is 17.2 Å². The van der Waals surface area contributed by atoms with Gasteiger partial charge in [-0.25, -0.2) is 19.9 Å². The van der Waals surface area contributed by atoms with Gasteiger partial charge in [0.15, 0.2) is 11.5 Å². The first-order valence-electron chi connectivity index (χ1n) is 9.16. The summed E-state index contributed by atoms with van der Waals surface area (Å²) < 4.78 is 5.49. The molecule has 0 atom stereocenters. The van der Waals surface area contributed by atoms with Crippen LogP contribution < -0.4 is 15.4 Å². The highest BCUT2D eigenvalue weighted by atomic mass is 16.5. The molecule has 1 saturated carbocycles. The monoisotopic (exact) mass is 376 g/mol. The second-order valence-corrected chi connectivity index (χ2v) is 6.43. The number of rotatable bonds is 7. The molecule has 1 fully saturated rings. The van der Waals surface area contributed by atoms with Crippen molar-refractivity contribution in [1.82, 2.24) is 19.9 Å². The molecular weight excluding hydrogens is 356 g/mol. The van der Waals surface area contributed by atoms with Gasteiger partial charge >= 0.3 is 0 Å². The van der Waals surface area contributed by atoms with Gasteiger partial charge in [0.2, 0.25) is 0 Å². The fourth-order valence-corrected chi connectivity index (χ4v) is 2.75. The van der Waals surface area contributed by atoms with E-state index in [2.05, 4.69) is 30.6 Å². The van der Waals surface area contributed by atoms with E-state index in [1.54, 1.807) is 30.7 Å². The molecule has 0 radical (unpaired) electrons. The predicted molar refractivity (Wildman–Crippen MR) is 105 cm³/mol. The Hall–Kier alpha value is -3.55. The summed E-state index contributed by atoms with van der Waals surface area (Å²) in [7, 11) is 0. The van der Waals surface area contributed by atoms with Crippen molar-refractivity contribution in [3.8, 4) is 5.75 Å². The Bertz CT molecular complexity index is 975. The van der Waals surface area contributed by atoms with Gasteiger partial charge in [0.25, 0.3) is 5.91 Å². The van der Waals surface area contributed by atoms with E-state index in [1.165, 1.54) is 6.33 Å². The predicted octanol–water partition coefficient (Wildman–Crippen LogP) is 3.54. The summed E-state index contributed by atoms with van der Waals surface area (Å²) in [6.07, 6.45) is 8.52. The molecule has 0 unspecified atom stereocenters. The van der Waals surface area contributed by atoms with Crippen molar-refractivity contribution in [3.63, 3.8) is 0 Å². The molecule has 8 heteroatoms. The van der Waals surface area contributed by atoms with Crippen LogP contribution in [0.2, 0.25) is 0 Å². The van der Waals surface area contributed by atoms with Crippen LogP contribution in [0, 0.1) is 0 Å². The molecule has 2 heterocycles. The first-order valence-corrected chi connectivity index (χ1v) is 9.16. The van der Waals surface area contributed by atoms with Crippen LogP contribution >= 0.6 is 0 Å². The van der Waals surface area contributed by atoms with E-state index in [1.807, 2.05) is 19.1 Å². The van der Waals surface area contributed by atoms with Crippen LogP contribution in [-0.2, 0) is 0 Å². The van der Waals surface area contributed by atoms with Crippen LogP contribution in [0.1, 0.15) is 41.9 Å². The summed E-state index contributed by atoms with van der Waals surface area (Å²) in [5.41, 5.74) is 2.32. The molecule has 2 N–H and O–H groups in total. The number of benzene rings is 1. The molecule has 8 nitrogen and oxygen atoms in total. The third kappa shape index (κ3) is 4.22. The summed E-state index contributed by atoms with van der Waals surface area (Å²) in [4.78, 5) is 29.9. The second-order valence-electron chi connectivity index (χ2n) is 6.43. The summed E-state index contributed by atoms with van der Waals surface area (Å²) in [5.74, 6) is 1.09. The average Bonchev–Trinajstić information content (AvgIpc) is 3.55. The maximum atomic E-state index is 13.0. The van der Waals surface area contributed by atoms with Crippen LogP contribution in [0.4, 0.5) is 17.2 Å².